The van der Waals surface area contributed by atoms with E-state index < -0.39 is 11.6 Å². The van der Waals surface area contributed by atoms with Crippen LogP contribution >= 0.6 is 0 Å². The minimum atomic E-state index is -0.444. The van der Waals surface area contributed by atoms with E-state index in [0.29, 0.717) is 11.1 Å². The number of hydrogen-bond acceptors (Lipinski definition) is 2. The molecule has 1 aromatic heterocycles. The van der Waals surface area contributed by atoms with E-state index in [1.54, 1.807) is 6.07 Å². The topological polar surface area (TPSA) is 35.1 Å². The van der Waals surface area contributed by atoms with Gasteiger partial charge in [-0.2, -0.15) is 0 Å². The summed E-state index contributed by atoms with van der Waals surface area (Å²) in [6.45, 7) is 3.75. The summed E-state index contributed by atoms with van der Waals surface area (Å²) in [6.07, 6.45) is 0. The molecule has 0 saturated heterocycles. The molecule has 1 heterocycles. The van der Waals surface area contributed by atoms with Crippen LogP contribution in [-0.2, 0) is 0 Å². The number of benzene rings is 1. The molecule has 0 radical (unpaired) electrons. The van der Waals surface area contributed by atoms with Crippen molar-refractivity contribution in [2.75, 3.05) is 0 Å². The normalized spacial score (nSPS) is 11.4. The number of nitrogens with zero attached hydrogens (tertiary/aromatic N) is 1. The molecule has 0 fully saturated rings. The van der Waals surface area contributed by atoms with Crippen LogP contribution < -0.4 is 5.76 Å². The Morgan fingerprint density at radius 2 is 2.14 bits per heavy atom. The SMILES string of the molecule is CC(C)n1c(=O)oc2cc(F)ccc21. The summed E-state index contributed by atoms with van der Waals surface area (Å²) in [5, 5.41) is 0. The Bertz CT molecular complexity index is 524. The Morgan fingerprint density at radius 1 is 1.43 bits per heavy atom. The lowest BCUT2D eigenvalue weighted by molar-refractivity contribution is 0.477. The molecule has 0 aliphatic carbocycles. The zero-order chi connectivity index (χ0) is 10.3. The second-order valence-electron chi connectivity index (χ2n) is 3.44. The summed E-state index contributed by atoms with van der Waals surface area (Å²) in [4.78, 5) is 11.4. The summed E-state index contributed by atoms with van der Waals surface area (Å²) in [6, 6.07) is 4.09. The Hall–Kier alpha value is -1.58. The van der Waals surface area contributed by atoms with E-state index in [2.05, 4.69) is 0 Å². The van der Waals surface area contributed by atoms with Crippen molar-refractivity contribution < 1.29 is 8.81 Å². The minimum absolute atomic E-state index is 0.00853. The van der Waals surface area contributed by atoms with Gasteiger partial charge < -0.3 is 4.42 Å². The van der Waals surface area contributed by atoms with E-state index in [9.17, 15) is 9.18 Å². The molecule has 1 aromatic carbocycles. The summed E-state index contributed by atoms with van der Waals surface area (Å²) in [5.41, 5.74) is 0.926. The first-order chi connectivity index (χ1) is 6.59. The Labute approximate surface area is 79.8 Å². The molecule has 4 heteroatoms. The molecule has 0 bridgehead atoms. The van der Waals surface area contributed by atoms with Gasteiger partial charge >= 0.3 is 5.76 Å². The lowest BCUT2D eigenvalue weighted by atomic mass is 10.3. The molecule has 2 aromatic rings. The molecule has 14 heavy (non-hydrogen) atoms. The fourth-order valence-corrected chi connectivity index (χ4v) is 1.50. The zero-order valence-electron chi connectivity index (χ0n) is 7.95. The van der Waals surface area contributed by atoms with Gasteiger partial charge in [-0.25, -0.2) is 9.18 Å². The molecule has 0 spiro atoms. The van der Waals surface area contributed by atoms with Crippen LogP contribution in [0.5, 0.6) is 0 Å². The van der Waals surface area contributed by atoms with E-state index in [-0.39, 0.29) is 6.04 Å². The monoisotopic (exact) mass is 195 g/mol. The molecular formula is C10H10FNO2. The van der Waals surface area contributed by atoms with Crippen LogP contribution in [0.25, 0.3) is 11.1 Å². The second-order valence-corrected chi connectivity index (χ2v) is 3.44. The molecule has 0 saturated carbocycles. The Kier molecular flexibility index (Phi) is 1.91. The molecule has 0 aliphatic heterocycles. The third-order valence-electron chi connectivity index (χ3n) is 2.09. The molecular weight excluding hydrogens is 185 g/mol. The molecule has 0 aliphatic rings. The van der Waals surface area contributed by atoms with Crippen LogP contribution in [0.3, 0.4) is 0 Å². The molecule has 74 valence electrons. The average molecular weight is 195 g/mol. The summed E-state index contributed by atoms with van der Waals surface area (Å²) >= 11 is 0. The molecule has 3 nitrogen and oxygen atoms in total. The van der Waals surface area contributed by atoms with Crippen molar-refractivity contribution in [2.45, 2.75) is 19.9 Å². The predicted molar refractivity (Wildman–Crippen MR) is 50.8 cm³/mol. The lowest BCUT2D eigenvalue weighted by Crippen LogP contribution is -2.15. The Morgan fingerprint density at radius 3 is 2.79 bits per heavy atom. The van der Waals surface area contributed by atoms with E-state index >= 15 is 0 Å². The third kappa shape index (κ3) is 1.23. The maximum absolute atomic E-state index is 12.8. The van der Waals surface area contributed by atoms with E-state index in [4.69, 9.17) is 4.42 Å². The van der Waals surface area contributed by atoms with Crippen LogP contribution in [0, 0.1) is 5.82 Å². The predicted octanol–water partition coefficient (Wildman–Crippen LogP) is 2.31. The number of halogens is 1. The number of oxazole rings is 1. The van der Waals surface area contributed by atoms with Crippen molar-refractivity contribution in [2.24, 2.45) is 0 Å². The fraction of sp³-hybridized carbons (Fsp3) is 0.300. The summed E-state index contributed by atoms with van der Waals surface area (Å²) < 4.78 is 19.2. The fourth-order valence-electron chi connectivity index (χ4n) is 1.50. The first kappa shape index (κ1) is 8.99. The minimum Gasteiger partial charge on any atom is -0.408 e. The van der Waals surface area contributed by atoms with Crippen molar-refractivity contribution in [3.8, 4) is 0 Å². The Balaban J connectivity index is 2.84. The number of rotatable bonds is 1. The highest BCUT2D eigenvalue weighted by Gasteiger charge is 2.11. The number of hydrogen-bond donors (Lipinski definition) is 0. The molecule has 0 amide bonds. The third-order valence-corrected chi connectivity index (χ3v) is 2.09. The smallest absolute Gasteiger partial charge is 0.408 e. The molecule has 2 rings (SSSR count). The highest BCUT2D eigenvalue weighted by Crippen LogP contribution is 2.17. The van der Waals surface area contributed by atoms with Crippen LogP contribution in [0.15, 0.2) is 27.4 Å². The van der Waals surface area contributed by atoms with Crippen LogP contribution in [-0.4, -0.2) is 4.57 Å². The quantitative estimate of drug-likeness (QED) is 0.699. The lowest BCUT2D eigenvalue weighted by Gasteiger charge is -2.04. The first-order valence-corrected chi connectivity index (χ1v) is 4.40. The van der Waals surface area contributed by atoms with Gasteiger partial charge in [-0.15, -0.1) is 0 Å². The molecule has 0 unspecified atom stereocenters. The van der Waals surface area contributed by atoms with Crippen molar-refractivity contribution in [3.63, 3.8) is 0 Å². The van der Waals surface area contributed by atoms with Gasteiger partial charge in [0.05, 0.1) is 5.52 Å². The van der Waals surface area contributed by atoms with Gasteiger partial charge in [0.1, 0.15) is 5.82 Å². The highest BCUT2D eigenvalue weighted by atomic mass is 19.1. The molecule has 0 atom stereocenters. The van der Waals surface area contributed by atoms with E-state index in [1.165, 1.54) is 16.7 Å². The van der Waals surface area contributed by atoms with Gasteiger partial charge in [0, 0.05) is 12.1 Å². The summed E-state index contributed by atoms with van der Waals surface area (Å²) in [5.74, 6) is -0.845. The van der Waals surface area contributed by atoms with Crippen LogP contribution in [0.4, 0.5) is 4.39 Å². The van der Waals surface area contributed by atoms with E-state index in [1.807, 2.05) is 13.8 Å². The van der Waals surface area contributed by atoms with Crippen molar-refractivity contribution in [1.29, 1.82) is 0 Å². The van der Waals surface area contributed by atoms with Crippen molar-refractivity contribution in [3.05, 3.63) is 34.6 Å². The average Bonchev–Trinajstić information content (AvgIpc) is 2.39. The van der Waals surface area contributed by atoms with Crippen molar-refractivity contribution in [1.82, 2.24) is 4.57 Å². The number of fused-ring (bicyclic) bond motifs is 1. The maximum atomic E-state index is 12.8. The van der Waals surface area contributed by atoms with Gasteiger partial charge in [0.25, 0.3) is 0 Å². The van der Waals surface area contributed by atoms with Crippen LogP contribution in [0.1, 0.15) is 19.9 Å². The van der Waals surface area contributed by atoms with Gasteiger partial charge in [-0.3, -0.25) is 4.57 Å². The van der Waals surface area contributed by atoms with Gasteiger partial charge in [0.2, 0.25) is 0 Å². The highest BCUT2D eigenvalue weighted by molar-refractivity contribution is 5.72. The second kappa shape index (κ2) is 2.97. The van der Waals surface area contributed by atoms with E-state index in [0.717, 1.165) is 0 Å². The number of aromatic nitrogens is 1. The zero-order valence-corrected chi connectivity index (χ0v) is 7.95. The van der Waals surface area contributed by atoms with Gasteiger partial charge in [0.15, 0.2) is 5.58 Å². The largest absolute Gasteiger partial charge is 0.420 e. The molecule has 0 N–H and O–H groups in total. The van der Waals surface area contributed by atoms with Gasteiger partial charge in [-0.05, 0) is 26.0 Å². The first-order valence-electron chi connectivity index (χ1n) is 4.40. The standard InChI is InChI=1S/C10H10FNO2/c1-6(2)12-8-4-3-7(11)5-9(8)14-10(12)13/h3-6H,1-2H3. The summed E-state index contributed by atoms with van der Waals surface area (Å²) in [7, 11) is 0. The van der Waals surface area contributed by atoms with Crippen LogP contribution in [0.2, 0.25) is 0 Å². The van der Waals surface area contributed by atoms with Gasteiger partial charge in [-0.1, -0.05) is 0 Å². The maximum Gasteiger partial charge on any atom is 0.420 e. The van der Waals surface area contributed by atoms with Crippen molar-refractivity contribution >= 4 is 11.1 Å².